The molecule has 1 aromatic carbocycles. The van der Waals surface area contributed by atoms with E-state index in [-0.39, 0.29) is 16.8 Å². The number of aryl methyl sites for hydroxylation is 1. The first-order chi connectivity index (χ1) is 12.5. The molecule has 3 N–H and O–H groups in total. The Kier molecular flexibility index (Phi) is 6.02. The summed E-state index contributed by atoms with van der Waals surface area (Å²) in [6.45, 7) is 1.40. The highest BCUT2D eigenvalue weighted by Crippen LogP contribution is 2.13. The molecule has 1 aliphatic rings. The van der Waals surface area contributed by atoms with E-state index in [0.29, 0.717) is 38.2 Å². The predicted octanol–water partition coefficient (Wildman–Crippen LogP) is 0.840. The Morgan fingerprint density at radius 2 is 2.27 bits per heavy atom. The fraction of sp³-hybridized carbons (Fsp3) is 0.412. The van der Waals surface area contributed by atoms with E-state index in [1.54, 1.807) is 24.5 Å². The van der Waals surface area contributed by atoms with Crippen LogP contribution in [0.5, 0.6) is 0 Å². The summed E-state index contributed by atoms with van der Waals surface area (Å²) in [5, 5.41) is 2.85. The van der Waals surface area contributed by atoms with Gasteiger partial charge in [0.2, 0.25) is 10.0 Å². The molecule has 1 fully saturated rings. The summed E-state index contributed by atoms with van der Waals surface area (Å²) < 4.78 is 32.6. The number of ether oxygens (including phenoxy) is 1. The molecule has 1 saturated heterocycles. The first-order valence-electron chi connectivity index (χ1n) is 8.51. The van der Waals surface area contributed by atoms with Crippen molar-refractivity contribution in [2.75, 3.05) is 19.8 Å². The molecule has 3 rings (SSSR count). The number of amides is 1. The maximum atomic E-state index is 12.4. The molecule has 0 unspecified atom stereocenters. The van der Waals surface area contributed by atoms with E-state index in [4.69, 9.17) is 4.74 Å². The van der Waals surface area contributed by atoms with Gasteiger partial charge in [-0.2, -0.15) is 0 Å². The van der Waals surface area contributed by atoms with Crippen molar-refractivity contribution in [3.63, 3.8) is 0 Å². The highest BCUT2D eigenvalue weighted by molar-refractivity contribution is 7.89. The van der Waals surface area contributed by atoms with Gasteiger partial charge in [-0.25, -0.2) is 18.1 Å². The van der Waals surface area contributed by atoms with Crippen LogP contribution in [-0.2, 0) is 21.2 Å². The van der Waals surface area contributed by atoms with Gasteiger partial charge >= 0.3 is 0 Å². The summed E-state index contributed by atoms with van der Waals surface area (Å²) in [6, 6.07) is 6.01. The van der Waals surface area contributed by atoms with Crippen LogP contribution < -0.4 is 10.0 Å². The number of nitrogens with zero attached hydrogens (tertiary/aromatic N) is 1. The van der Waals surface area contributed by atoms with E-state index in [1.807, 2.05) is 0 Å². The molecule has 1 aliphatic heterocycles. The first-order valence-corrected chi connectivity index (χ1v) is 9.99. The number of aromatic amines is 1. The molecular weight excluding hydrogens is 356 g/mol. The highest BCUT2D eigenvalue weighted by Gasteiger charge is 2.20. The summed E-state index contributed by atoms with van der Waals surface area (Å²) in [5.41, 5.74) is 0.315. The van der Waals surface area contributed by atoms with Crippen LogP contribution in [0.4, 0.5) is 0 Å². The monoisotopic (exact) mass is 378 g/mol. The predicted molar refractivity (Wildman–Crippen MR) is 95.2 cm³/mol. The van der Waals surface area contributed by atoms with Gasteiger partial charge in [0.05, 0.1) is 17.5 Å². The van der Waals surface area contributed by atoms with Gasteiger partial charge in [-0.3, -0.25) is 4.79 Å². The Labute approximate surface area is 152 Å². The summed E-state index contributed by atoms with van der Waals surface area (Å²) in [5.74, 6) is 0.522. The summed E-state index contributed by atoms with van der Waals surface area (Å²) in [6.07, 6.45) is 5.43. The van der Waals surface area contributed by atoms with Gasteiger partial charge in [0.25, 0.3) is 5.91 Å². The van der Waals surface area contributed by atoms with Crippen molar-refractivity contribution in [2.45, 2.75) is 30.2 Å². The molecule has 9 heteroatoms. The Morgan fingerprint density at radius 3 is 3.00 bits per heavy atom. The van der Waals surface area contributed by atoms with Crippen molar-refractivity contribution in [1.82, 2.24) is 20.0 Å². The van der Waals surface area contributed by atoms with E-state index >= 15 is 0 Å². The van der Waals surface area contributed by atoms with E-state index < -0.39 is 10.0 Å². The summed E-state index contributed by atoms with van der Waals surface area (Å²) >= 11 is 0. The third-order valence-corrected chi connectivity index (χ3v) is 5.57. The third-order valence-electron chi connectivity index (χ3n) is 4.11. The normalized spacial score (nSPS) is 17.3. The van der Waals surface area contributed by atoms with E-state index in [2.05, 4.69) is 20.0 Å². The van der Waals surface area contributed by atoms with Gasteiger partial charge in [0.1, 0.15) is 5.82 Å². The Morgan fingerprint density at radius 1 is 1.38 bits per heavy atom. The van der Waals surface area contributed by atoms with Crippen LogP contribution in [0, 0.1) is 0 Å². The second-order valence-electron chi connectivity index (χ2n) is 6.10. The highest BCUT2D eigenvalue weighted by atomic mass is 32.2. The molecule has 26 heavy (non-hydrogen) atoms. The summed E-state index contributed by atoms with van der Waals surface area (Å²) in [7, 11) is -3.67. The zero-order valence-electron chi connectivity index (χ0n) is 14.3. The van der Waals surface area contributed by atoms with E-state index in [1.165, 1.54) is 12.1 Å². The molecule has 2 aromatic rings. The first kappa shape index (κ1) is 18.6. The SMILES string of the molecule is O=C(N[C@@H]1CCOC1)c1cccc(S(=O)(=O)NCCCc2ncc[nH]2)c1. The Hall–Kier alpha value is -2.23. The molecule has 1 atom stereocenters. The van der Waals surface area contributed by atoms with Crippen molar-refractivity contribution in [3.8, 4) is 0 Å². The third kappa shape index (κ3) is 4.90. The van der Waals surface area contributed by atoms with Crippen LogP contribution >= 0.6 is 0 Å². The van der Waals surface area contributed by atoms with Crippen molar-refractivity contribution in [2.24, 2.45) is 0 Å². The molecule has 0 spiro atoms. The smallest absolute Gasteiger partial charge is 0.251 e. The van der Waals surface area contributed by atoms with Crippen molar-refractivity contribution >= 4 is 15.9 Å². The molecule has 140 valence electrons. The van der Waals surface area contributed by atoms with Crippen LogP contribution in [-0.4, -0.2) is 50.1 Å². The second-order valence-corrected chi connectivity index (χ2v) is 7.87. The Bertz CT molecular complexity index is 830. The van der Waals surface area contributed by atoms with Gasteiger partial charge in [0, 0.05) is 37.5 Å². The lowest BCUT2D eigenvalue weighted by atomic mass is 10.2. The topological polar surface area (TPSA) is 113 Å². The van der Waals surface area contributed by atoms with Crippen LogP contribution in [0.15, 0.2) is 41.6 Å². The maximum absolute atomic E-state index is 12.4. The van der Waals surface area contributed by atoms with Crippen molar-refractivity contribution in [1.29, 1.82) is 0 Å². The van der Waals surface area contributed by atoms with E-state index in [9.17, 15) is 13.2 Å². The molecule has 0 aliphatic carbocycles. The molecule has 0 saturated carbocycles. The van der Waals surface area contributed by atoms with Crippen LogP contribution in [0.3, 0.4) is 0 Å². The number of hydrogen-bond donors (Lipinski definition) is 3. The minimum absolute atomic E-state index is 0.0255. The zero-order chi connectivity index (χ0) is 18.4. The van der Waals surface area contributed by atoms with Gasteiger partial charge in [-0.1, -0.05) is 6.07 Å². The maximum Gasteiger partial charge on any atom is 0.251 e. The molecule has 1 aromatic heterocycles. The average Bonchev–Trinajstić information content (AvgIpc) is 3.33. The molecular formula is C17H22N4O4S. The fourth-order valence-electron chi connectivity index (χ4n) is 2.70. The molecule has 0 radical (unpaired) electrons. The average molecular weight is 378 g/mol. The number of imidazole rings is 1. The number of carbonyl (C=O) groups excluding carboxylic acids is 1. The number of aromatic nitrogens is 2. The number of sulfonamides is 1. The van der Waals surface area contributed by atoms with Gasteiger partial charge in [0.15, 0.2) is 0 Å². The van der Waals surface area contributed by atoms with Gasteiger partial charge < -0.3 is 15.0 Å². The lowest BCUT2D eigenvalue weighted by molar-refractivity contribution is 0.0929. The number of benzene rings is 1. The number of rotatable bonds is 8. The van der Waals surface area contributed by atoms with Gasteiger partial charge in [-0.05, 0) is 31.0 Å². The number of carbonyl (C=O) groups is 1. The second kappa shape index (κ2) is 8.43. The number of nitrogens with one attached hydrogen (secondary N) is 3. The zero-order valence-corrected chi connectivity index (χ0v) is 15.1. The molecule has 0 bridgehead atoms. The number of hydrogen-bond acceptors (Lipinski definition) is 5. The van der Waals surface area contributed by atoms with Crippen molar-refractivity contribution < 1.29 is 17.9 Å². The largest absolute Gasteiger partial charge is 0.379 e. The summed E-state index contributed by atoms with van der Waals surface area (Å²) in [4.78, 5) is 19.4. The Balaban J connectivity index is 1.57. The van der Waals surface area contributed by atoms with Crippen LogP contribution in [0.1, 0.15) is 29.0 Å². The number of H-pyrrole nitrogens is 1. The fourth-order valence-corrected chi connectivity index (χ4v) is 3.82. The molecule has 1 amide bonds. The van der Waals surface area contributed by atoms with Crippen LogP contribution in [0.2, 0.25) is 0 Å². The minimum Gasteiger partial charge on any atom is -0.379 e. The van der Waals surface area contributed by atoms with E-state index in [0.717, 1.165) is 12.2 Å². The molecule has 2 heterocycles. The standard InChI is InChI=1S/C17H22N4O4S/c22-17(21-14-6-10-25-12-14)13-3-1-4-15(11-13)26(23,24)20-7-2-5-16-18-8-9-19-16/h1,3-4,8-9,11,14,20H,2,5-7,10,12H2,(H,18,19)(H,21,22)/t14-/m1/s1. The van der Waals surface area contributed by atoms with Crippen LogP contribution in [0.25, 0.3) is 0 Å². The lowest BCUT2D eigenvalue weighted by Gasteiger charge is -2.12. The quantitative estimate of drug-likeness (QED) is 0.589. The van der Waals surface area contributed by atoms with Crippen molar-refractivity contribution in [3.05, 3.63) is 48.0 Å². The lowest BCUT2D eigenvalue weighted by Crippen LogP contribution is -2.35. The van der Waals surface area contributed by atoms with Gasteiger partial charge in [-0.15, -0.1) is 0 Å². The molecule has 8 nitrogen and oxygen atoms in total. The minimum atomic E-state index is -3.67.